The number of hydrogen-bond acceptors (Lipinski definition) is 3. The van der Waals surface area contributed by atoms with Gasteiger partial charge in [-0.05, 0) is 30.7 Å². The van der Waals surface area contributed by atoms with Crippen molar-refractivity contribution in [1.29, 1.82) is 0 Å². The van der Waals surface area contributed by atoms with Crippen LogP contribution in [0.3, 0.4) is 0 Å². The molecule has 3 nitrogen and oxygen atoms in total. The molecule has 100 valence electrons. The smallest absolute Gasteiger partial charge is 0.217 e. The molecule has 2 aromatic rings. The molecule has 0 aliphatic carbocycles. The number of benzene rings is 1. The Kier molecular flexibility index (Phi) is 4.77. The predicted molar refractivity (Wildman–Crippen MR) is 77.5 cm³/mol. The molecule has 0 saturated heterocycles. The van der Waals surface area contributed by atoms with E-state index in [1.54, 1.807) is 13.3 Å². The first kappa shape index (κ1) is 13.8. The molecule has 0 radical (unpaired) electrons. The van der Waals surface area contributed by atoms with Gasteiger partial charge in [0.1, 0.15) is 0 Å². The SMILES string of the molecule is COc1ncccc1CN[C@@H](C)c1ccc(Cl)cc1. The van der Waals surface area contributed by atoms with Crippen molar-refractivity contribution in [3.8, 4) is 5.88 Å². The molecule has 1 aromatic heterocycles. The van der Waals surface area contributed by atoms with Gasteiger partial charge < -0.3 is 10.1 Å². The number of halogens is 1. The minimum atomic E-state index is 0.238. The zero-order chi connectivity index (χ0) is 13.7. The summed E-state index contributed by atoms with van der Waals surface area (Å²) < 4.78 is 5.23. The van der Waals surface area contributed by atoms with Crippen molar-refractivity contribution in [2.45, 2.75) is 19.5 Å². The first-order valence-electron chi connectivity index (χ1n) is 6.17. The van der Waals surface area contributed by atoms with Crippen LogP contribution < -0.4 is 10.1 Å². The molecule has 1 aromatic carbocycles. The van der Waals surface area contributed by atoms with E-state index in [-0.39, 0.29) is 6.04 Å². The molecule has 1 heterocycles. The summed E-state index contributed by atoms with van der Waals surface area (Å²) in [6.45, 7) is 2.83. The van der Waals surface area contributed by atoms with Gasteiger partial charge in [-0.3, -0.25) is 0 Å². The minimum absolute atomic E-state index is 0.238. The van der Waals surface area contributed by atoms with E-state index in [0.29, 0.717) is 12.4 Å². The van der Waals surface area contributed by atoms with Gasteiger partial charge in [0.05, 0.1) is 7.11 Å². The highest BCUT2D eigenvalue weighted by atomic mass is 35.5. The number of pyridine rings is 1. The van der Waals surface area contributed by atoms with Gasteiger partial charge in [0.25, 0.3) is 0 Å². The molecular weight excluding hydrogens is 260 g/mol. The van der Waals surface area contributed by atoms with Crippen LogP contribution in [-0.4, -0.2) is 12.1 Å². The Balaban J connectivity index is 2.00. The third kappa shape index (κ3) is 3.69. The number of rotatable bonds is 5. The lowest BCUT2D eigenvalue weighted by Crippen LogP contribution is -2.18. The van der Waals surface area contributed by atoms with Crippen LogP contribution in [0.15, 0.2) is 42.6 Å². The Bertz CT molecular complexity index is 528. The lowest BCUT2D eigenvalue weighted by Gasteiger charge is -2.15. The van der Waals surface area contributed by atoms with Gasteiger partial charge in [-0.1, -0.05) is 29.8 Å². The zero-order valence-corrected chi connectivity index (χ0v) is 11.8. The molecule has 2 rings (SSSR count). The number of hydrogen-bond donors (Lipinski definition) is 1. The zero-order valence-electron chi connectivity index (χ0n) is 11.1. The van der Waals surface area contributed by atoms with E-state index < -0.39 is 0 Å². The summed E-state index contributed by atoms with van der Waals surface area (Å²) in [5, 5.41) is 4.20. The van der Waals surface area contributed by atoms with Crippen LogP contribution in [0, 0.1) is 0 Å². The molecular formula is C15H17ClN2O. The maximum atomic E-state index is 5.88. The summed E-state index contributed by atoms with van der Waals surface area (Å²) in [6, 6.07) is 12.0. The normalized spacial score (nSPS) is 12.2. The third-order valence-electron chi connectivity index (χ3n) is 3.01. The Morgan fingerprint density at radius 1 is 1.26 bits per heavy atom. The fraction of sp³-hybridized carbons (Fsp3) is 0.267. The summed E-state index contributed by atoms with van der Waals surface area (Å²) in [4.78, 5) is 4.18. The number of ether oxygens (including phenoxy) is 1. The van der Waals surface area contributed by atoms with Gasteiger partial charge in [-0.15, -0.1) is 0 Å². The molecule has 0 saturated carbocycles. The quantitative estimate of drug-likeness (QED) is 0.906. The summed E-state index contributed by atoms with van der Waals surface area (Å²) in [6.07, 6.45) is 1.73. The predicted octanol–water partition coefficient (Wildman–Crippen LogP) is 3.59. The molecule has 0 fully saturated rings. The maximum absolute atomic E-state index is 5.88. The van der Waals surface area contributed by atoms with Crippen LogP contribution in [-0.2, 0) is 6.54 Å². The van der Waals surface area contributed by atoms with E-state index in [4.69, 9.17) is 16.3 Å². The molecule has 4 heteroatoms. The Hall–Kier alpha value is -1.58. The van der Waals surface area contributed by atoms with Crippen LogP contribution in [0.2, 0.25) is 5.02 Å². The molecule has 0 amide bonds. The van der Waals surface area contributed by atoms with Crippen molar-refractivity contribution >= 4 is 11.6 Å². The second-order valence-electron chi connectivity index (χ2n) is 4.33. The van der Waals surface area contributed by atoms with Crippen molar-refractivity contribution in [3.05, 3.63) is 58.7 Å². The average Bonchev–Trinajstić information content (AvgIpc) is 2.45. The molecule has 19 heavy (non-hydrogen) atoms. The first-order valence-corrected chi connectivity index (χ1v) is 6.55. The third-order valence-corrected chi connectivity index (χ3v) is 3.26. The standard InChI is InChI=1S/C15H17ClN2O/c1-11(12-5-7-14(16)8-6-12)18-10-13-4-3-9-17-15(13)19-2/h3-9,11,18H,10H2,1-2H3/t11-/m0/s1. The van der Waals surface area contributed by atoms with Gasteiger partial charge in [-0.2, -0.15) is 0 Å². The lowest BCUT2D eigenvalue weighted by atomic mass is 10.1. The van der Waals surface area contributed by atoms with Crippen LogP contribution >= 0.6 is 11.6 Å². The van der Waals surface area contributed by atoms with Gasteiger partial charge >= 0.3 is 0 Å². The average molecular weight is 277 g/mol. The summed E-state index contributed by atoms with van der Waals surface area (Å²) in [5.74, 6) is 0.665. The summed E-state index contributed by atoms with van der Waals surface area (Å²) >= 11 is 5.88. The monoisotopic (exact) mass is 276 g/mol. The highest BCUT2D eigenvalue weighted by Gasteiger charge is 2.07. The number of aromatic nitrogens is 1. The van der Waals surface area contributed by atoms with Crippen LogP contribution in [0.4, 0.5) is 0 Å². The molecule has 1 N–H and O–H groups in total. The van der Waals surface area contributed by atoms with E-state index in [9.17, 15) is 0 Å². The fourth-order valence-corrected chi connectivity index (χ4v) is 2.00. The molecule has 0 unspecified atom stereocenters. The number of methoxy groups -OCH3 is 1. The second kappa shape index (κ2) is 6.55. The lowest BCUT2D eigenvalue weighted by molar-refractivity contribution is 0.389. The number of nitrogens with zero attached hydrogens (tertiary/aromatic N) is 1. The minimum Gasteiger partial charge on any atom is -0.481 e. The molecule has 0 aliphatic rings. The number of nitrogens with one attached hydrogen (secondary N) is 1. The van der Waals surface area contributed by atoms with Crippen LogP contribution in [0.1, 0.15) is 24.1 Å². The van der Waals surface area contributed by atoms with Crippen LogP contribution in [0.25, 0.3) is 0 Å². The van der Waals surface area contributed by atoms with E-state index in [2.05, 4.69) is 17.2 Å². The van der Waals surface area contributed by atoms with E-state index in [1.807, 2.05) is 36.4 Å². The first-order chi connectivity index (χ1) is 9.20. The maximum Gasteiger partial charge on any atom is 0.217 e. The van der Waals surface area contributed by atoms with Crippen molar-refractivity contribution in [2.24, 2.45) is 0 Å². The van der Waals surface area contributed by atoms with E-state index >= 15 is 0 Å². The summed E-state index contributed by atoms with van der Waals surface area (Å²) in [5.41, 5.74) is 2.25. The Morgan fingerprint density at radius 2 is 2.00 bits per heavy atom. The van der Waals surface area contributed by atoms with Gasteiger partial charge in [0, 0.05) is 29.4 Å². The Labute approximate surface area is 118 Å². The largest absolute Gasteiger partial charge is 0.481 e. The van der Waals surface area contributed by atoms with Crippen LogP contribution in [0.5, 0.6) is 5.88 Å². The molecule has 0 bridgehead atoms. The summed E-state index contributed by atoms with van der Waals surface area (Å²) in [7, 11) is 1.63. The van der Waals surface area contributed by atoms with Gasteiger partial charge in [-0.25, -0.2) is 4.98 Å². The van der Waals surface area contributed by atoms with Crippen molar-refractivity contribution in [1.82, 2.24) is 10.3 Å². The highest BCUT2D eigenvalue weighted by molar-refractivity contribution is 6.30. The van der Waals surface area contributed by atoms with E-state index in [0.717, 1.165) is 10.6 Å². The van der Waals surface area contributed by atoms with Crippen molar-refractivity contribution < 1.29 is 4.74 Å². The van der Waals surface area contributed by atoms with Gasteiger partial charge in [0.2, 0.25) is 5.88 Å². The Morgan fingerprint density at radius 3 is 2.68 bits per heavy atom. The fourth-order valence-electron chi connectivity index (χ4n) is 1.87. The molecule has 0 aliphatic heterocycles. The van der Waals surface area contributed by atoms with Crippen molar-refractivity contribution in [2.75, 3.05) is 7.11 Å². The highest BCUT2D eigenvalue weighted by Crippen LogP contribution is 2.18. The van der Waals surface area contributed by atoms with E-state index in [1.165, 1.54) is 5.56 Å². The topological polar surface area (TPSA) is 34.1 Å². The molecule has 1 atom stereocenters. The molecule has 0 spiro atoms. The van der Waals surface area contributed by atoms with Crippen molar-refractivity contribution in [3.63, 3.8) is 0 Å². The second-order valence-corrected chi connectivity index (χ2v) is 4.76. The van der Waals surface area contributed by atoms with Gasteiger partial charge in [0.15, 0.2) is 0 Å².